The molecular weight excluding hydrogens is 340 g/mol. The van der Waals surface area contributed by atoms with E-state index in [4.69, 9.17) is 4.98 Å². The van der Waals surface area contributed by atoms with Crippen molar-refractivity contribution in [1.82, 2.24) is 9.55 Å². The van der Waals surface area contributed by atoms with Crippen LogP contribution in [0.2, 0.25) is 0 Å². The third-order valence-corrected chi connectivity index (χ3v) is 6.19. The Morgan fingerprint density at radius 2 is 1.61 bits per heavy atom. The molecule has 0 saturated heterocycles. The number of unbranched alkanes of at least 4 members (excludes halogenated alkanes) is 3. The van der Waals surface area contributed by atoms with Crippen molar-refractivity contribution in [2.45, 2.75) is 70.8 Å². The van der Waals surface area contributed by atoms with E-state index in [0.29, 0.717) is 5.92 Å². The summed E-state index contributed by atoms with van der Waals surface area (Å²) in [6, 6.07) is 21.8. The number of hydrogen-bond donors (Lipinski definition) is 0. The molecule has 0 N–H and O–H groups in total. The predicted octanol–water partition coefficient (Wildman–Crippen LogP) is 6.77. The lowest BCUT2D eigenvalue weighted by Crippen LogP contribution is -2.33. The molecule has 0 radical (unpaired) electrons. The van der Waals surface area contributed by atoms with Gasteiger partial charge in [-0.3, -0.25) is 0 Å². The van der Waals surface area contributed by atoms with Gasteiger partial charge in [-0.15, -0.1) is 0 Å². The molecule has 2 atom stereocenters. The van der Waals surface area contributed by atoms with E-state index < -0.39 is 0 Å². The summed E-state index contributed by atoms with van der Waals surface area (Å²) in [7, 11) is 0. The summed E-state index contributed by atoms with van der Waals surface area (Å²) in [6.07, 6.45) is 10.2. The molecule has 0 bridgehead atoms. The molecule has 1 heterocycles. The summed E-state index contributed by atoms with van der Waals surface area (Å²) in [6.45, 7) is 8.08. The largest absolute Gasteiger partial charge is 0.335 e. The highest BCUT2D eigenvalue weighted by molar-refractivity contribution is 5.32. The normalized spacial score (nSPS) is 14.5. The van der Waals surface area contributed by atoms with Gasteiger partial charge in [-0.05, 0) is 24.0 Å². The maximum absolute atomic E-state index is 4.81. The topological polar surface area (TPSA) is 17.8 Å². The second kappa shape index (κ2) is 9.73. The van der Waals surface area contributed by atoms with Gasteiger partial charge in [-0.25, -0.2) is 4.98 Å². The van der Waals surface area contributed by atoms with Gasteiger partial charge < -0.3 is 4.57 Å². The minimum absolute atomic E-state index is 0.0187. The summed E-state index contributed by atoms with van der Waals surface area (Å²) < 4.78 is 2.38. The van der Waals surface area contributed by atoms with E-state index >= 15 is 0 Å². The quantitative estimate of drug-likeness (QED) is 0.358. The standard InChI is InChI=1S/C26H34N2/c1-4-5-6-13-19-28-20-18-27-25(28)22(2)26(3,24-16-11-8-12-17-24)21-23-14-9-7-10-15-23/h7-12,14-18,20,22H,4-6,13,19,21H2,1-3H3. The van der Waals surface area contributed by atoms with Gasteiger partial charge in [0.1, 0.15) is 5.82 Å². The molecule has 0 aliphatic rings. The molecule has 0 aliphatic heterocycles. The SMILES string of the molecule is CCCCCCn1ccnc1C(C)C(C)(Cc1ccccc1)c1ccccc1. The Bertz CT molecular complexity index is 822. The number of nitrogens with zero attached hydrogens (tertiary/aromatic N) is 2. The fourth-order valence-electron chi connectivity index (χ4n) is 4.23. The van der Waals surface area contributed by atoms with Gasteiger partial charge in [0.05, 0.1) is 0 Å². The summed E-state index contributed by atoms with van der Waals surface area (Å²) in [5, 5.41) is 0. The molecule has 0 saturated carbocycles. The zero-order valence-corrected chi connectivity index (χ0v) is 17.6. The average molecular weight is 375 g/mol. The van der Waals surface area contributed by atoms with E-state index in [1.54, 1.807) is 0 Å². The lowest BCUT2D eigenvalue weighted by Gasteiger charge is -2.36. The predicted molar refractivity (Wildman–Crippen MR) is 119 cm³/mol. The van der Waals surface area contributed by atoms with Crippen molar-refractivity contribution in [3.63, 3.8) is 0 Å². The van der Waals surface area contributed by atoms with E-state index in [-0.39, 0.29) is 5.41 Å². The first-order chi connectivity index (χ1) is 13.6. The van der Waals surface area contributed by atoms with Crippen molar-refractivity contribution in [3.8, 4) is 0 Å². The van der Waals surface area contributed by atoms with Crippen LogP contribution in [0.25, 0.3) is 0 Å². The highest BCUT2D eigenvalue weighted by atomic mass is 15.1. The summed E-state index contributed by atoms with van der Waals surface area (Å²) >= 11 is 0. The zero-order valence-electron chi connectivity index (χ0n) is 17.6. The monoisotopic (exact) mass is 374 g/mol. The minimum atomic E-state index is -0.0187. The molecule has 2 unspecified atom stereocenters. The van der Waals surface area contributed by atoms with Gasteiger partial charge in [0.25, 0.3) is 0 Å². The molecule has 0 spiro atoms. The maximum atomic E-state index is 4.81. The first-order valence-electron chi connectivity index (χ1n) is 10.8. The number of imidazole rings is 1. The van der Waals surface area contributed by atoms with Crippen molar-refractivity contribution >= 4 is 0 Å². The van der Waals surface area contributed by atoms with Gasteiger partial charge in [0, 0.05) is 30.3 Å². The van der Waals surface area contributed by atoms with Gasteiger partial charge in [0.2, 0.25) is 0 Å². The van der Waals surface area contributed by atoms with Crippen LogP contribution in [0, 0.1) is 0 Å². The van der Waals surface area contributed by atoms with Crippen molar-refractivity contribution < 1.29 is 0 Å². The molecular formula is C26H34N2. The van der Waals surface area contributed by atoms with Crippen molar-refractivity contribution in [3.05, 3.63) is 90.0 Å². The molecule has 2 heteroatoms. The molecule has 1 aromatic heterocycles. The van der Waals surface area contributed by atoms with Crippen LogP contribution in [0.15, 0.2) is 73.1 Å². The van der Waals surface area contributed by atoms with Crippen LogP contribution in [0.4, 0.5) is 0 Å². The second-order valence-corrected chi connectivity index (χ2v) is 8.21. The molecule has 148 valence electrons. The third-order valence-electron chi connectivity index (χ3n) is 6.19. The van der Waals surface area contributed by atoms with E-state index in [0.717, 1.165) is 13.0 Å². The van der Waals surface area contributed by atoms with Gasteiger partial charge in [-0.1, -0.05) is 101 Å². The van der Waals surface area contributed by atoms with E-state index in [1.165, 1.54) is 42.6 Å². The van der Waals surface area contributed by atoms with Crippen LogP contribution < -0.4 is 0 Å². The lowest BCUT2D eigenvalue weighted by atomic mass is 9.68. The van der Waals surface area contributed by atoms with Gasteiger partial charge in [-0.2, -0.15) is 0 Å². The average Bonchev–Trinajstić information content (AvgIpc) is 3.20. The van der Waals surface area contributed by atoms with Crippen LogP contribution in [-0.4, -0.2) is 9.55 Å². The first kappa shape index (κ1) is 20.4. The highest BCUT2D eigenvalue weighted by Gasteiger charge is 2.36. The van der Waals surface area contributed by atoms with Crippen LogP contribution in [0.5, 0.6) is 0 Å². The molecule has 2 nitrogen and oxygen atoms in total. The maximum Gasteiger partial charge on any atom is 0.112 e. The summed E-state index contributed by atoms with van der Waals surface area (Å²) in [4.78, 5) is 4.81. The van der Waals surface area contributed by atoms with Gasteiger partial charge in [0.15, 0.2) is 0 Å². The summed E-state index contributed by atoms with van der Waals surface area (Å²) in [5.74, 6) is 1.52. The fourth-order valence-corrected chi connectivity index (χ4v) is 4.23. The van der Waals surface area contributed by atoms with E-state index in [9.17, 15) is 0 Å². The minimum Gasteiger partial charge on any atom is -0.335 e. The Morgan fingerprint density at radius 1 is 0.929 bits per heavy atom. The van der Waals surface area contributed by atoms with E-state index in [1.807, 2.05) is 6.20 Å². The molecule has 0 amide bonds. The number of benzene rings is 2. The Morgan fingerprint density at radius 3 is 2.29 bits per heavy atom. The Labute approximate surface area is 170 Å². The van der Waals surface area contributed by atoms with Crippen LogP contribution >= 0.6 is 0 Å². The fraction of sp³-hybridized carbons (Fsp3) is 0.423. The van der Waals surface area contributed by atoms with Crippen LogP contribution in [-0.2, 0) is 18.4 Å². The molecule has 2 aromatic carbocycles. The number of hydrogen-bond acceptors (Lipinski definition) is 1. The van der Waals surface area contributed by atoms with Crippen molar-refractivity contribution in [2.75, 3.05) is 0 Å². The second-order valence-electron chi connectivity index (χ2n) is 8.21. The molecule has 3 rings (SSSR count). The van der Waals surface area contributed by atoms with Crippen molar-refractivity contribution in [2.24, 2.45) is 0 Å². The summed E-state index contributed by atoms with van der Waals surface area (Å²) in [5.41, 5.74) is 2.74. The highest BCUT2D eigenvalue weighted by Crippen LogP contribution is 2.41. The number of aromatic nitrogens is 2. The van der Waals surface area contributed by atoms with Gasteiger partial charge >= 0.3 is 0 Å². The lowest BCUT2D eigenvalue weighted by molar-refractivity contribution is 0.367. The number of rotatable bonds is 10. The Hall–Kier alpha value is -2.35. The first-order valence-corrected chi connectivity index (χ1v) is 10.8. The Kier molecular flexibility index (Phi) is 7.08. The van der Waals surface area contributed by atoms with Crippen LogP contribution in [0.3, 0.4) is 0 Å². The van der Waals surface area contributed by atoms with Crippen molar-refractivity contribution in [1.29, 1.82) is 0 Å². The smallest absolute Gasteiger partial charge is 0.112 e. The molecule has 28 heavy (non-hydrogen) atoms. The third kappa shape index (κ3) is 4.73. The molecule has 0 fully saturated rings. The molecule has 3 aromatic rings. The Balaban J connectivity index is 1.89. The van der Waals surface area contributed by atoms with Crippen LogP contribution in [0.1, 0.15) is 69.3 Å². The number of aryl methyl sites for hydroxylation is 1. The van der Waals surface area contributed by atoms with E-state index in [2.05, 4.69) is 92.2 Å². The molecule has 0 aliphatic carbocycles. The zero-order chi connectivity index (χ0) is 19.8.